The zero-order valence-electron chi connectivity index (χ0n) is 17.2. The van der Waals surface area contributed by atoms with E-state index < -0.39 is 0 Å². The lowest BCUT2D eigenvalue weighted by atomic mass is 9.97. The standard InChI is InChI=1S/C23H25FN4O2S/c24-18-7-5-16(6-8-18)13-28-22(30)20-19(9-11-31-20)26-23(28)27-10-1-2-17(14-27)21(29)25-12-15-3-4-15/h5-9,11,15,17H,1-4,10,12-14H2,(H,25,29). The maximum atomic E-state index is 13.4. The number of amides is 1. The van der Waals surface area contributed by atoms with E-state index in [0.717, 1.165) is 31.5 Å². The molecule has 3 heterocycles. The predicted octanol–water partition coefficient (Wildman–Crippen LogP) is 3.39. The van der Waals surface area contributed by atoms with Crippen LogP contribution in [0.5, 0.6) is 0 Å². The van der Waals surface area contributed by atoms with Gasteiger partial charge in [0, 0.05) is 19.6 Å². The molecule has 1 N–H and O–H groups in total. The Labute approximate surface area is 183 Å². The van der Waals surface area contributed by atoms with E-state index in [1.807, 2.05) is 11.4 Å². The van der Waals surface area contributed by atoms with Crippen molar-refractivity contribution in [2.24, 2.45) is 11.8 Å². The number of piperidine rings is 1. The van der Waals surface area contributed by atoms with Gasteiger partial charge in [-0.05, 0) is 60.7 Å². The van der Waals surface area contributed by atoms with Crippen LogP contribution < -0.4 is 15.8 Å². The van der Waals surface area contributed by atoms with E-state index in [4.69, 9.17) is 4.98 Å². The number of aromatic nitrogens is 2. The first kappa shape index (κ1) is 20.2. The first-order valence-electron chi connectivity index (χ1n) is 10.8. The first-order valence-corrected chi connectivity index (χ1v) is 11.7. The minimum absolute atomic E-state index is 0.0976. The number of halogens is 1. The molecule has 0 bridgehead atoms. The van der Waals surface area contributed by atoms with Crippen LogP contribution in [0.2, 0.25) is 0 Å². The van der Waals surface area contributed by atoms with E-state index in [1.54, 1.807) is 16.7 Å². The van der Waals surface area contributed by atoms with E-state index in [-0.39, 0.29) is 23.2 Å². The summed E-state index contributed by atoms with van der Waals surface area (Å²) >= 11 is 1.38. The van der Waals surface area contributed by atoms with Crippen LogP contribution in [0, 0.1) is 17.7 Å². The van der Waals surface area contributed by atoms with Gasteiger partial charge in [0.1, 0.15) is 10.5 Å². The number of hydrogen-bond donors (Lipinski definition) is 1. The molecule has 31 heavy (non-hydrogen) atoms. The number of nitrogens with one attached hydrogen (secondary N) is 1. The van der Waals surface area contributed by atoms with Crippen LogP contribution in [0.3, 0.4) is 0 Å². The number of thiophene rings is 1. The summed E-state index contributed by atoms with van der Waals surface area (Å²) in [7, 11) is 0. The summed E-state index contributed by atoms with van der Waals surface area (Å²) in [6.45, 7) is 2.37. The fourth-order valence-corrected chi connectivity index (χ4v) is 4.95. The fourth-order valence-electron chi connectivity index (χ4n) is 4.17. The topological polar surface area (TPSA) is 67.2 Å². The Kier molecular flexibility index (Phi) is 5.48. The summed E-state index contributed by atoms with van der Waals surface area (Å²) in [6, 6.07) is 8.04. The summed E-state index contributed by atoms with van der Waals surface area (Å²) in [5, 5.41) is 4.97. The summed E-state index contributed by atoms with van der Waals surface area (Å²) in [5.74, 6) is 0.911. The van der Waals surface area contributed by atoms with Crippen molar-refractivity contribution >= 4 is 33.4 Å². The zero-order chi connectivity index (χ0) is 21.4. The molecule has 6 nitrogen and oxygen atoms in total. The molecule has 8 heteroatoms. The molecular weight excluding hydrogens is 415 g/mol. The molecule has 2 fully saturated rings. The molecule has 1 atom stereocenters. The van der Waals surface area contributed by atoms with Crippen LogP contribution in [0.4, 0.5) is 10.3 Å². The molecule has 1 aliphatic carbocycles. The number of carbonyl (C=O) groups is 1. The number of carbonyl (C=O) groups excluding carboxylic acids is 1. The Morgan fingerprint density at radius 1 is 1.19 bits per heavy atom. The van der Waals surface area contributed by atoms with Crippen molar-refractivity contribution in [3.63, 3.8) is 0 Å². The van der Waals surface area contributed by atoms with Crippen molar-refractivity contribution in [3.05, 3.63) is 57.4 Å². The lowest BCUT2D eigenvalue weighted by molar-refractivity contribution is -0.125. The molecule has 3 aromatic rings. The number of nitrogens with zero attached hydrogens (tertiary/aromatic N) is 3. The maximum absolute atomic E-state index is 13.4. The Morgan fingerprint density at radius 2 is 2.00 bits per heavy atom. The number of benzene rings is 1. The molecule has 2 aromatic heterocycles. The average molecular weight is 441 g/mol. The third-order valence-corrected chi connectivity index (χ3v) is 7.03. The molecule has 0 spiro atoms. The van der Waals surface area contributed by atoms with E-state index >= 15 is 0 Å². The molecule has 1 saturated heterocycles. The minimum atomic E-state index is -0.306. The lowest BCUT2D eigenvalue weighted by Gasteiger charge is -2.34. The summed E-state index contributed by atoms with van der Waals surface area (Å²) in [6.07, 6.45) is 4.13. The smallest absolute Gasteiger partial charge is 0.273 e. The van der Waals surface area contributed by atoms with Gasteiger partial charge in [-0.2, -0.15) is 0 Å². The van der Waals surface area contributed by atoms with Gasteiger partial charge in [-0.15, -0.1) is 11.3 Å². The highest BCUT2D eigenvalue weighted by molar-refractivity contribution is 7.17. The van der Waals surface area contributed by atoms with Crippen molar-refractivity contribution in [1.82, 2.24) is 14.9 Å². The van der Waals surface area contributed by atoms with Crippen LogP contribution in [-0.4, -0.2) is 35.1 Å². The van der Waals surface area contributed by atoms with Gasteiger partial charge in [-0.25, -0.2) is 9.37 Å². The average Bonchev–Trinajstić information content (AvgIpc) is 3.50. The third-order valence-electron chi connectivity index (χ3n) is 6.14. The van der Waals surface area contributed by atoms with Gasteiger partial charge in [-0.1, -0.05) is 12.1 Å². The highest BCUT2D eigenvalue weighted by Crippen LogP contribution is 2.28. The van der Waals surface area contributed by atoms with E-state index in [9.17, 15) is 14.0 Å². The van der Waals surface area contributed by atoms with Gasteiger partial charge in [0.2, 0.25) is 11.9 Å². The molecule has 1 unspecified atom stereocenters. The molecule has 0 radical (unpaired) electrons. The highest BCUT2D eigenvalue weighted by Gasteiger charge is 2.30. The number of rotatable bonds is 6. The van der Waals surface area contributed by atoms with Crippen LogP contribution in [0.25, 0.3) is 10.2 Å². The molecule has 162 valence electrons. The van der Waals surface area contributed by atoms with E-state index in [0.29, 0.717) is 35.2 Å². The van der Waals surface area contributed by atoms with Gasteiger partial charge in [0.25, 0.3) is 5.56 Å². The largest absolute Gasteiger partial charge is 0.356 e. The number of anilines is 1. The number of hydrogen-bond acceptors (Lipinski definition) is 5. The van der Waals surface area contributed by atoms with Gasteiger partial charge < -0.3 is 10.2 Å². The third kappa shape index (κ3) is 4.35. The highest BCUT2D eigenvalue weighted by atomic mass is 32.1. The first-order chi connectivity index (χ1) is 15.1. The van der Waals surface area contributed by atoms with Crippen LogP contribution >= 0.6 is 11.3 Å². The van der Waals surface area contributed by atoms with Crippen molar-refractivity contribution in [1.29, 1.82) is 0 Å². The lowest BCUT2D eigenvalue weighted by Crippen LogP contribution is -2.45. The molecule has 1 aromatic carbocycles. The Balaban J connectivity index is 1.45. The van der Waals surface area contributed by atoms with Gasteiger partial charge in [0.15, 0.2) is 0 Å². The minimum Gasteiger partial charge on any atom is -0.356 e. The van der Waals surface area contributed by atoms with Gasteiger partial charge in [-0.3, -0.25) is 14.2 Å². The molecule has 1 aliphatic heterocycles. The van der Waals surface area contributed by atoms with Crippen molar-refractivity contribution in [2.45, 2.75) is 32.2 Å². The second kappa shape index (κ2) is 8.42. The molecule has 1 amide bonds. The van der Waals surface area contributed by atoms with Crippen LogP contribution in [-0.2, 0) is 11.3 Å². The Bertz CT molecular complexity index is 1150. The maximum Gasteiger partial charge on any atom is 0.273 e. The molecular formula is C23H25FN4O2S. The summed E-state index contributed by atoms with van der Waals surface area (Å²) < 4.78 is 15.6. The predicted molar refractivity (Wildman–Crippen MR) is 120 cm³/mol. The molecule has 1 saturated carbocycles. The van der Waals surface area contributed by atoms with Crippen LogP contribution in [0.1, 0.15) is 31.2 Å². The second-order valence-corrected chi connectivity index (χ2v) is 9.45. The quantitative estimate of drug-likeness (QED) is 0.638. The number of fused-ring (bicyclic) bond motifs is 1. The van der Waals surface area contributed by atoms with E-state index in [2.05, 4.69) is 10.2 Å². The second-order valence-electron chi connectivity index (χ2n) is 8.54. The molecule has 5 rings (SSSR count). The zero-order valence-corrected chi connectivity index (χ0v) is 18.0. The van der Waals surface area contributed by atoms with E-state index in [1.165, 1.54) is 36.3 Å². The Morgan fingerprint density at radius 3 is 2.77 bits per heavy atom. The fraction of sp³-hybridized carbons (Fsp3) is 0.435. The normalized spacial score (nSPS) is 19.0. The van der Waals surface area contributed by atoms with Gasteiger partial charge >= 0.3 is 0 Å². The van der Waals surface area contributed by atoms with Crippen molar-refractivity contribution < 1.29 is 9.18 Å². The SMILES string of the molecule is O=C(NCC1CC1)C1CCCN(c2nc3ccsc3c(=O)n2Cc2ccc(F)cc2)C1. The van der Waals surface area contributed by atoms with Gasteiger partial charge in [0.05, 0.1) is 18.0 Å². The van der Waals surface area contributed by atoms with Crippen LogP contribution in [0.15, 0.2) is 40.5 Å². The van der Waals surface area contributed by atoms with Crippen molar-refractivity contribution in [2.75, 3.05) is 24.5 Å². The van der Waals surface area contributed by atoms with Crippen molar-refractivity contribution in [3.8, 4) is 0 Å². The Hall–Kier alpha value is -2.74. The monoisotopic (exact) mass is 440 g/mol. The molecule has 2 aliphatic rings. The summed E-state index contributed by atoms with van der Waals surface area (Å²) in [4.78, 5) is 32.8. The summed E-state index contributed by atoms with van der Waals surface area (Å²) in [5.41, 5.74) is 1.42.